The Morgan fingerprint density at radius 1 is 1.47 bits per heavy atom. The van der Waals surface area contributed by atoms with Crippen LogP contribution in [0.5, 0.6) is 5.75 Å². The van der Waals surface area contributed by atoms with Crippen LogP contribution in [0.2, 0.25) is 0 Å². The number of likely N-dealkylation sites (N-methyl/N-ethyl adjacent to an activating group) is 1. The zero-order chi connectivity index (χ0) is 11.3. The van der Waals surface area contributed by atoms with E-state index in [4.69, 9.17) is 10.5 Å². The average molecular weight is 209 g/mol. The minimum Gasteiger partial charge on any atom is -0.492 e. The zero-order valence-corrected chi connectivity index (χ0v) is 8.93. The van der Waals surface area contributed by atoms with Crippen LogP contribution in [-0.4, -0.2) is 32.1 Å². The molecule has 0 aliphatic heterocycles. The maximum Gasteiger partial charge on any atom is 0.134 e. The molecule has 0 spiro atoms. The van der Waals surface area contributed by atoms with Crippen LogP contribution in [0.25, 0.3) is 0 Å². The first-order valence-corrected chi connectivity index (χ1v) is 4.64. The van der Waals surface area contributed by atoms with E-state index in [2.05, 4.69) is 5.18 Å². The summed E-state index contributed by atoms with van der Waals surface area (Å²) in [6, 6.07) is 4.87. The van der Waals surface area contributed by atoms with Crippen LogP contribution in [0.4, 0.5) is 11.4 Å². The van der Waals surface area contributed by atoms with E-state index >= 15 is 0 Å². The van der Waals surface area contributed by atoms with Gasteiger partial charge in [0.2, 0.25) is 0 Å². The lowest BCUT2D eigenvalue weighted by Crippen LogP contribution is -2.19. The molecule has 0 atom stereocenters. The standard InChI is InChI=1S/C10H15N3O2/c1-13(2)5-6-15-8-3-4-9(11)10(7-8)12-14/h3-4,7H,5-6,11H2,1-2H3. The molecule has 0 aliphatic rings. The maximum absolute atomic E-state index is 10.4. The first kappa shape index (κ1) is 11.5. The summed E-state index contributed by atoms with van der Waals surface area (Å²) < 4.78 is 5.42. The highest BCUT2D eigenvalue weighted by molar-refractivity contribution is 5.64. The van der Waals surface area contributed by atoms with E-state index in [0.29, 0.717) is 18.0 Å². The molecule has 2 N–H and O–H groups in total. The summed E-state index contributed by atoms with van der Waals surface area (Å²) in [5.41, 5.74) is 6.10. The molecule has 0 heterocycles. The van der Waals surface area contributed by atoms with Gasteiger partial charge in [0.05, 0.1) is 5.69 Å². The quantitative estimate of drug-likeness (QED) is 0.591. The fourth-order valence-corrected chi connectivity index (χ4v) is 1.04. The van der Waals surface area contributed by atoms with Gasteiger partial charge in [-0.15, -0.1) is 4.91 Å². The molecular formula is C10H15N3O2. The summed E-state index contributed by atoms with van der Waals surface area (Å²) in [5, 5.41) is 2.81. The van der Waals surface area contributed by atoms with Crippen LogP contribution in [-0.2, 0) is 0 Å². The molecule has 15 heavy (non-hydrogen) atoms. The molecular weight excluding hydrogens is 194 g/mol. The Hall–Kier alpha value is -1.62. The van der Waals surface area contributed by atoms with Crippen LogP contribution in [0.15, 0.2) is 23.4 Å². The van der Waals surface area contributed by atoms with Crippen molar-refractivity contribution in [1.82, 2.24) is 4.90 Å². The first-order chi connectivity index (χ1) is 7.13. The fourth-order valence-electron chi connectivity index (χ4n) is 1.04. The average Bonchev–Trinajstić information content (AvgIpc) is 2.20. The van der Waals surface area contributed by atoms with Gasteiger partial charge in [-0.2, -0.15) is 0 Å². The third-order valence-electron chi connectivity index (χ3n) is 1.91. The molecule has 1 rings (SSSR count). The highest BCUT2D eigenvalue weighted by Crippen LogP contribution is 2.26. The Balaban J connectivity index is 2.58. The summed E-state index contributed by atoms with van der Waals surface area (Å²) in [6.07, 6.45) is 0. The van der Waals surface area contributed by atoms with Gasteiger partial charge in [0, 0.05) is 12.6 Å². The van der Waals surface area contributed by atoms with Crippen molar-refractivity contribution in [2.75, 3.05) is 33.0 Å². The summed E-state index contributed by atoms with van der Waals surface area (Å²) in [6.45, 7) is 1.38. The SMILES string of the molecule is CN(C)CCOc1ccc(N)c(N=O)c1. The molecule has 0 aromatic heterocycles. The number of nitrogen functional groups attached to an aromatic ring is 1. The lowest BCUT2D eigenvalue weighted by Gasteiger charge is -2.11. The number of nitroso groups, excluding NO2 is 1. The van der Waals surface area contributed by atoms with Crippen LogP contribution in [0.3, 0.4) is 0 Å². The molecule has 0 saturated carbocycles. The van der Waals surface area contributed by atoms with Crippen molar-refractivity contribution in [1.29, 1.82) is 0 Å². The highest BCUT2D eigenvalue weighted by Gasteiger charge is 2.02. The Morgan fingerprint density at radius 2 is 2.20 bits per heavy atom. The predicted octanol–water partition coefficient (Wildman–Crippen LogP) is 1.61. The van der Waals surface area contributed by atoms with E-state index in [0.717, 1.165) is 6.54 Å². The molecule has 0 saturated heterocycles. The van der Waals surface area contributed by atoms with Gasteiger partial charge < -0.3 is 15.4 Å². The second-order valence-corrected chi connectivity index (χ2v) is 3.46. The van der Waals surface area contributed by atoms with Gasteiger partial charge in [-0.3, -0.25) is 0 Å². The number of hydrogen-bond donors (Lipinski definition) is 1. The number of nitrogens with zero attached hydrogens (tertiary/aromatic N) is 2. The van der Waals surface area contributed by atoms with Crippen molar-refractivity contribution < 1.29 is 4.74 Å². The van der Waals surface area contributed by atoms with Gasteiger partial charge in [0.1, 0.15) is 18.0 Å². The fraction of sp³-hybridized carbons (Fsp3) is 0.400. The minimum absolute atomic E-state index is 0.220. The molecule has 0 fully saturated rings. The van der Waals surface area contributed by atoms with E-state index in [1.807, 2.05) is 19.0 Å². The van der Waals surface area contributed by atoms with E-state index in [1.54, 1.807) is 12.1 Å². The van der Waals surface area contributed by atoms with Gasteiger partial charge in [0.15, 0.2) is 0 Å². The lowest BCUT2D eigenvalue weighted by atomic mass is 10.2. The molecule has 5 nitrogen and oxygen atoms in total. The predicted molar refractivity (Wildman–Crippen MR) is 60.4 cm³/mol. The molecule has 5 heteroatoms. The summed E-state index contributed by atoms with van der Waals surface area (Å²) in [7, 11) is 3.93. The zero-order valence-electron chi connectivity index (χ0n) is 8.93. The van der Waals surface area contributed by atoms with Crippen molar-refractivity contribution >= 4 is 11.4 Å². The summed E-state index contributed by atoms with van der Waals surface area (Å²) in [5.74, 6) is 0.612. The number of benzene rings is 1. The van der Waals surface area contributed by atoms with Gasteiger partial charge >= 0.3 is 0 Å². The third-order valence-corrected chi connectivity index (χ3v) is 1.91. The topological polar surface area (TPSA) is 67.9 Å². The number of ether oxygens (including phenoxy) is 1. The van der Waals surface area contributed by atoms with E-state index < -0.39 is 0 Å². The Morgan fingerprint density at radius 3 is 2.80 bits per heavy atom. The molecule has 1 aromatic carbocycles. The monoisotopic (exact) mass is 209 g/mol. The normalized spacial score (nSPS) is 10.3. The van der Waals surface area contributed by atoms with Crippen molar-refractivity contribution in [3.63, 3.8) is 0 Å². The smallest absolute Gasteiger partial charge is 0.134 e. The van der Waals surface area contributed by atoms with Crippen LogP contribution in [0, 0.1) is 4.91 Å². The number of rotatable bonds is 5. The second kappa shape index (κ2) is 5.31. The molecule has 0 aliphatic carbocycles. The lowest BCUT2D eigenvalue weighted by molar-refractivity contribution is 0.261. The summed E-state index contributed by atoms with van der Waals surface area (Å²) in [4.78, 5) is 12.4. The second-order valence-electron chi connectivity index (χ2n) is 3.46. The van der Waals surface area contributed by atoms with Gasteiger partial charge in [-0.1, -0.05) is 0 Å². The molecule has 1 aromatic rings. The highest BCUT2D eigenvalue weighted by atomic mass is 16.5. The Kier molecular flexibility index (Phi) is 4.05. The Labute approximate surface area is 88.8 Å². The molecule has 0 bridgehead atoms. The van der Waals surface area contributed by atoms with Crippen LogP contribution < -0.4 is 10.5 Å². The number of anilines is 1. The van der Waals surface area contributed by atoms with E-state index in [-0.39, 0.29) is 5.69 Å². The molecule has 0 radical (unpaired) electrons. The number of nitrogens with two attached hydrogens (primary N) is 1. The first-order valence-electron chi connectivity index (χ1n) is 4.64. The molecule has 0 unspecified atom stereocenters. The summed E-state index contributed by atoms with van der Waals surface area (Å²) >= 11 is 0. The minimum atomic E-state index is 0.220. The Bertz CT molecular complexity index is 339. The van der Waals surface area contributed by atoms with Gasteiger partial charge in [-0.25, -0.2) is 0 Å². The van der Waals surface area contributed by atoms with Crippen molar-refractivity contribution in [3.05, 3.63) is 23.1 Å². The van der Waals surface area contributed by atoms with E-state index in [1.165, 1.54) is 6.07 Å². The molecule has 82 valence electrons. The van der Waals surface area contributed by atoms with Gasteiger partial charge in [0.25, 0.3) is 0 Å². The third kappa shape index (κ3) is 3.55. The van der Waals surface area contributed by atoms with Crippen molar-refractivity contribution in [2.45, 2.75) is 0 Å². The van der Waals surface area contributed by atoms with Gasteiger partial charge in [-0.05, 0) is 31.4 Å². The maximum atomic E-state index is 10.4. The van der Waals surface area contributed by atoms with Crippen molar-refractivity contribution in [2.24, 2.45) is 5.18 Å². The molecule has 0 amide bonds. The van der Waals surface area contributed by atoms with E-state index in [9.17, 15) is 4.91 Å². The van der Waals surface area contributed by atoms with Crippen LogP contribution in [0.1, 0.15) is 0 Å². The largest absolute Gasteiger partial charge is 0.492 e. The number of hydrogen-bond acceptors (Lipinski definition) is 5. The van der Waals surface area contributed by atoms with Crippen molar-refractivity contribution in [3.8, 4) is 5.75 Å². The van der Waals surface area contributed by atoms with Crippen LogP contribution >= 0.6 is 0 Å².